The minimum Gasteiger partial charge on any atom is -0.358 e. The van der Waals surface area contributed by atoms with Gasteiger partial charge in [0.15, 0.2) is 0 Å². The van der Waals surface area contributed by atoms with Gasteiger partial charge >= 0.3 is 0 Å². The predicted molar refractivity (Wildman–Crippen MR) is 92.1 cm³/mol. The molecule has 5 nitrogen and oxygen atoms in total. The molecule has 0 spiro atoms. The summed E-state index contributed by atoms with van der Waals surface area (Å²) in [6.07, 6.45) is 2.73. The van der Waals surface area contributed by atoms with Crippen LogP contribution in [0.3, 0.4) is 0 Å². The average molecular weight is 312 g/mol. The Kier molecular flexibility index (Phi) is 4.46. The molecule has 1 aliphatic rings. The van der Waals surface area contributed by atoms with Crippen LogP contribution in [0.15, 0.2) is 30.6 Å². The molecule has 0 saturated carbocycles. The lowest BCUT2D eigenvalue weighted by molar-refractivity contribution is -0.134. The number of fused-ring (bicyclic) bond motifs is 1. The number of aromatic nitrogens is 2. The number of para-hydroxylation sites is 1. The van der Waals surface area contributed by atoms with Gasteiger partial charge in [-0.1, -0.05) is 26.0 Å². The number of anilines is 1. The zero-order chi connectivity index (χ0) is 16.4. The molecule has 3 rings (SSSR count). The SMILES string of the molecule is CC1CC(C)CN(C(=O)C(C)Nc2ncnc3ccccc23)C1. The predicted octanol–water partition coefficient (Wildman–Crippen LogP) is 2.93. The maximum atomic E-state index is 12.7. The number of likely N-dealkylation sites (tertiary alicyclic amines) is 1. The van der Waals surface area contributed by atoms with Crippen molar-refractivity contribution in [3.05, 3.63) is 30.6 Å². The molecule has 122 valence electrons. The zero-order valence-electron chi connectivity index (χ0n) is 14.0. The van der Waals surface area contributed by atoms with Gasteiger partial charge in [-0.3, -0.25) is 4.79 Å². The van der Waals surface area contributed by atoms with Crippen LogP contribution in [0.4, 0.5) is 5.82 Å². The monoisotopic (exact) mass is 312 g/mol. The molecule has 2 heterocycles. The van der Waals surface area contributed by atoms with Gasteiger partial charge in [-0.2, -0.15) is 0 Å². The van der Waals surface area contributed by atoms with E-state index in [1.807, 2.05) is 36.1 Å². The fourth-order valence-corrected chi connectivity index (χ4v) is 3.50. The highest BCUT2D eigenvalue weighted by Crippen LogP contribution is 2.23. The summed E-state index contributed by atoms with van der Waals surface area (Å²) in [6.45, 7) is 8.03. The third-order valence-corrected chi connectivity index (χ3v) is 4.45. The smallest absolute Gasteiger partial charge is 0.244 e. The molecule has 1 aromatic carbocycles. The molecule has 1 N–H and O–H groups in total. The van der Waals surface area contributed by atoms with Gasteiger partial charge in [0.1, 0.15) is 18.2 Å². The standard InChI is InChI=1S/C18H24N4O/c1-12-8-13(2)10-22(9-12)18(23)14(3)21-17-15-6-4-5-7-16(15)19-11-20-17/h4-7,11-14H,8-10H2,1-3H3,(H,19,20,21). The molecule has 3 unspecified atom stereocenters. The zero-order valence-corrected chi connectivity index (χ0v) is 14.0. The second kappa shape index (κ2) is 6.52. The van der Waals surface area contributed by atoms with Crippen molar-refractivity contribution < 1.29 is 4.79 Å². The molecular weight excluding hydrogens is 288 g/mol. The summed E-state index contributed by atoms with van der Waals surface area (Å²) in [5, 5.41) is 4.21. The highest BCUT2D eigenvalue weighted by Gasteiger charge is 2.28. The molecule has 0 bridgehead atoms. The number of rotatable bonds is 3. The number of nitrogens with one attached hydrogen (secondary N) is 1. The minimum atomic E-state index is -0.300. The highest BCUT2D eigenvalue weighted by atomic mass is 16.2. The first-order valence-corrected chi connectivity index (χ1v) is 8.29. The number of hydrogen-bond donors (Lipinski definition) is 1. The van der Waals surface area contributed by atoms with Crippen LogP contribution in [0, 0.1) is 11.8 Å². The van der Waals surface area contributed by atoms with E-state index in [0.717, 1.165) is 29.8 Å². The number of piperidine rings is 1. The van der Waals surface area contributed by atoms with Crippen molar-refractivity contribution in [2.45, 2.75) is 33.2 Å². The molecule has 5 heteroatoms. The lowest BCUT2D eigenvalue weighted by atomic mass is 9.91. The summed E-state index contributed by atoms with van der Waals surface area (Å²) in [6, 6.07) is 7.52. The van der Waals surface area contributed by atoms with Crippen molar-refractivity contribution in [3.63, 3.8) is 0 Å². The Morgan fingerprint density at radius 3 is 2.65 bits per heavy atom. The van der Waals surface area contributed by atoms with Crippen LogP contribution in [-0.2, 0) is 4.79 Å². The van der Waals surface area contributed by atoms with Gasteiger partial charge < -0.3 is 10.2 Å². The number of carbonyl (C=O) groups excluding carboxylic acids is 1. The van der Waals surface area contributed by atoms with Gasteiger partial charge in [0.05, 0.1) is 5.52 Å². The maximum Gasteiger partial charge on any atom is 0.244 e. The van der Waals surface area contributed by atoms with Crippen molar-refractivity contribution in [1.82, 2.24) is 14.9 Å². The number of benzene rings is 1. The summed E-state index contributed by atoms with van der Waals surface area (Å²) in [4.78, 5) is 23.3. The van der Waals surface area contributed by atoms with E-state index in [9.17, 15) is 4.79 Å². The molecule has 23 heavy (non-hydrogen) atoms. The number of amides is 1. The van der Waals surface area contributed by atoms with Crippen molar-refractivity contribution in [2.24, 2.45) is 11.8 Å². The average Bonchev–Trinajstić information content (AvgIpc) is 2.53. The molecule has 0 radical (unpaired) electrons. The lowest BCUT2D eigenvalue weighted by Gasteiger charge is -2.36. The van der Waals surface area contributed by atoms with Crippen LogP contribution in [0.1, 0.15) is 27.2 Å². The van der Waals surface area contributed by atoms with Crippen LogP contribution in [0.25, 0.3) is 10.9 Å². The van der Waals surface area contributed by atoms with Gasteiger partial charge in [0.2, 0.25) is 5.91 Å². The quantitative estimate of drug-likeness (QED) is 0.946. The molecule has 1 saturated heterocycles. The second-order valence-electron chi connectivity index (χ2n) is 6.79. The van der Waals surface area contributed by atoms with Gasteiger partial charge in [-0.05, 0) is 37.3 Å². The Bertz CT molecular complexity index is 687. The summed E-state index contributed by atoms with van der Waals surface area (Å²) in [7, 11) is 0. The molecule has 0 aliphatic carbocycles. The van der Waals surface area contributed by atoms with Crippen molar-refractivity contribution >= 4 is 22.6 Å². The van der Waals surface area contributed by atoms with Crippen LogP contribution < -0.4 is 5.32 Å². The lowest BCUT2D eigenvalue weighted by Crippen LogP contribution is -2.48. The topological polar surface area (TPSA) is 58.1 Å². The molecule has 1 aliphatic heterocycles. The number of hydrogen-bond acceptors (Lipinski definition) is 4. The molecule has 1 aromatic heterocycles. The van der Waals surface area contributed by atoms with E-state index in [1.54, 1.807) is 0 Å². The Labute approximate surface area is 137 Å². The van der Waals surface area contributed by atoms with Gasteiger partial charge in [0, 0.05) is 18.5 Å². The molecule has 2 aromatic rings. The van der Waals surface area contributed by atoms with Crippen molar-refractivity contribution in [2.75, 3.05) is 18.4 Å². The van der Waals surface area contributed by atoms with Crippen LogP contribution in [-0.4, -0.2) is 39.9 Å². The van der Waals surface area contributed by atoms with E-state index in [0.29, 0.717) is 11.8 Å². The summed E-state index contributed by atoms with van der Waals surface area (Å²) in [5.74, 6) is 1.99. The van der Waals surface area contributed by atoms with Gasteiger partial charge in [0.25, 0.3) is 0 Å². The third-order valence-electron chi connectivity index (χ3n) is 4.45. The normalized spacial score (nSPS) is 22.8. The minimum absolute atomic E-state index is 0.145. The Morgan fingerprint density at radius 1 is 1.22 bits per heavy atom. The van der Waals surface area contributed by atoms with E-state index >= 15 is 0 Å². The number of nitrogens with zero attached hydrogens (tertiary/aromatic N) is 3. The third kappa shape index (κ3) is 3.44. The van der Waals surface area contributed by atoms with Crippen molar-refractivity contribution in [3.8, 4) is 0 Å². The van der Waals surface area contributed by atoms with E-state index in [2.05, 4.69) is 29.1 Å². The summed E-state index contributed by atoms with van der Waals surface area (Å²) in [5.41, 5.74) is 0.880. The fourth-order valence-electron chi connectivity index (χ4n) is 3.50. The first kappa shape index (κ1) is 15.7. The molecule has 1 fully saturated rings. The number of carbonyl (C=O) groups is 1. The van der Waals surface area contributed by atoms with E-state index in [-0.39, 0.29) is 11.9 Å². The largest absolute Gasteiger partial charge is 0.358 e. The first-order chi connectivity index (χ1) is 11.0. The van der Waals surface area contributed by atoms with Gasteiger partial charge in [-0.15, -0.1) is 0 Å². The van der Waals surface area contributed by atoms with Crippen molar-refractivity contribution in [1.29, 1.82) is 0 Å². The summed E-state index contributed by atoms with van der Waals surface area (Å²) < 4.78 is 0. The van der Waals surface area contributed by atoms with Crippen LogP contribution in [0.5, 0.6) is 0 Å². The maximum absolute atomic E-state index is 12.7. The van der Waals surface area contributed by atoms with E-state index in [4.69, 9.17) is 0 Å². The highest BCUT2D eigenvalue weighted by molar-refractivity contribution is 5.91. The van der Waals surface area contributed by atoms with Crippen LogP contribution >= 0.6 is 0 Å². The van der Waals surface area contributed by atoms with Crippen LogP contribution in [0.2, 0.25) is 0 Å². The Hall–Kier alpha value is -2.17. The fraction of sp³-hybridized carbons (Fsp3) is 0.500. The van der Waals surface area contributed by atoms with Gasteiger partial charge in [-0.25, -0.2) is 9.97 Å². The Balaban J connectivity index is 1.75. The van der Waals surface area contributed by atoms with E-state index < -0.39 is 0 Å². The molecule has 3 atom stereocenters. The molecule has 1 amide bonds. The Morgan fingerprint density at radius 2 is 1.91 bits per heavy atom. The molecular formula is C18H24N4O. The van der Waals surface area contributed by atoms with E-state index in [1.165, 1.54) is 12.7 Å². The second-order valence-corrected chi connectivity index (χ2v) is 6.79. The first-order valence-electron chi connectivity index (χ1n) is 8.29. The summed E-state index contributed by atoms with van der Waals surface area (Å²) >= 11 is 0.